The number of nitrogens with two attached hydrogens (primary N) is 2. The second-order valence-electron chi connectivity index (χ2n) is 5.43. The molecular formula is C22H29N3O2. The second-order valence-corrected chi connectivity index (χ2v) is 5.43. The van der Waals surface area contributed by atoms with Gasteiger partial charge in [0.2, 0.25) is 5.78 Å². The number of ether oxygens (including phenoxy) is 1. The molecule has 2 rings (SSSR count). The van der Waals surface area contributed by atoms with Gasteiger partial charge in [-0.3, -0.25) is 9.80 Å². The van der Waals surface area contributed by atoms with E-state index in [1.807, 2.05) is 56.3 Å². The third-order valence-electron chi connectivity index (χ3n) is 3.54. The highest BCUT2D eigenvalue weighted by Crippen LogP contribution is 2.21. The number of ketones is 1. The summed E-state index contributed by atoms with van der Waals surface area (Å²) in [6.07, 6.45) is 4.94. The van der Waals surface area contributed by atoms with Gasteiger partial charge in [0, 0.05) is 6.20 Å². The minimum absolute atomic E-state index is 0.0356. The molecule has 0 aliphatic carbocycles. The Balaban J connectivity index is 0.00000176. The third kappa shape index (κ3) is 6.99. The number of para-hydroxylation sites is 2. The molecule has 0 atom stereocenters. The first-order chi connectivity index (χ1) is 13.1. The number of rotatable bonds is 9. The molecule has 0 aliphatic heterocycles. The fraction of sp³-hybridized carbons (Fsp3) is 0.227. The molecule has 2 aromatic carbocycles. The summed E-state index contributed by atoms with van der Waals surface area (Å²) >= 11 is 0. The van der Waals surface area contributed by atoms with Crippen LogP contribution in [-0.2, 0) is 0 Å². The van der Waals surface area contributed by atoms with Crippen molar-refractivity contribution in [1.82, 2.24) is 0 Å². The molecular weight excluding hydrogens is 338 g/mol. The van der Waals surface area contributed by atoms with Crippen molar-refractivity contribution < 1.29 is 9.53 Å². The summed E-state index contributed by atoms with van der Waals surface area (Å²) in [5.74, 6) is 6.13. The Kier molecular flexibility index (Phi) is 10.0. The van der Waals surface area contributed by atoms with Crippen LogP contribution < -0.4 is 21.3 Å². The maximum atomic E-state index is 12.6. The zero-order valence-corrected chi connectivity index (χ0v) is 16.1. The molecule has 27 heavy (non-hydrogen) atoms. The monoisotopic (exact) mass is 367 g/mol. The van der Waals surface area contributed by atoms with Crippen LogP contribution in [0.2, 0.25) is 0 Å². The van der Waals surface area contributed by atoms with Gasteiger partial charge in [-0.1, -0.05) is 50.3 Å². The lowest BCUT2D eigenvalue weighted by atomic mass is 10.1. The predicted molar refractivity (Wildman–Crippen MR) is 112 cm³/mol. The normalized spacial score (nSPS) is 10.4. The first-order valence-corrected chi connectivity index (χ1v) is 9.07. The van der Waals surface area contributed by atoms with Crippen LogP contribution in [0, 0.1) is 0 Å². The molecule has 5 heteroatoms. The van der Waals surface area contributed by atoms with E-state index in [9.17, 15) is 4.79 Å². The van der Waals surface area contributed by atoms with Crippen LogP contribution in [-0.4, -0.2) is 12.4 Å². The number of anilines is 1. The molecule has 0 bridgehead atoms. The number of Topliss-reactive ketones (excluding diaryl/α,β-unsaturated/α-hetero) is 1. The summed E-state index contributed by atoms with van der Waals surface area (Å²) < 4.78 is 5.70. The van der Waals surface area contributed by atoms with Crippen LogP contribution >= 0.6 is 0 Å². The van der Waals surface area contributed by atoms with Crippen LogP contribution in [0.5, 0.6) is 5.75 Å². The van der Waals surface area contributed by atoms with Gasteiger partial charge in [-0.05, 0) is 37.1 Å². The van der Waals surface area contributed by atoms with Gasteiger partial charge in [0.1, 0.15) is 5.75 Å². The van der Waals surface area contributed by atoms with Crippen molar-refractivity contribution >= 4 is 11.5 Å². The summed E-state index contributed by atoms with van der Waals surface area (Å²) in [6, 6.07) is 16.3. The number of hydrazine groups is 1. The second kappa shape index (κ2) is 12.3. The van der Waals surface area contributed by atoms with Crippen LogP contribution in [0.15, 0.2) is 79.1 Å². The van der Waals surface area contributed by atoms with E-state index in [0.29, 0.717) is 17.9 Å². The Morgan fingerprint density at radius 3 is 2.41 bits per heavy atom. The highest BCUT2D eigenvalue weighted by molar-refractivity contribution is 6.10. The minimum atomic E-state index is -0.328. The Hall–Kier alpha value is -3.05. The largest absolute Gasteiger partial charge is 0.493 e. The van der Waals surface area contributed by atoms with Crippen molar-refractivity contribution in [2.75, 3.05) is 11.6 Å². The lowest BCUT2D eigenvalue weighted by Crippen LogP contribution is -2.27. The fourth-order valence-corrected chi connectivity index (χ4v) is 2.23. The van der Waals surface area contributed by atoms with E-state index in [2.05, 4.69) is 6.58 Å². The summed E-state index contributed by atoms with van der Waals surface area (Å²) in [5.41, 5.74) is 7.13. The Morgan fingerprint density at radius 2 is 1.74 bits per heavy atom. The summed E-state index contributed by atoms with van der Waals surface area (Å²) in [4.78, 5) is 12.6. The van der Waals surface area contributed by atoms with Gasteiger partial charge in [-0.25, -0.2) is 5.84 Å². The Bertz CT molecular complexity index is 742. The zero-order valence-electron chi connectivity index (χ0n) is 16.1. The molecule has 0 saturated heterocycles. The third-order valence-corrected chi connectivity index (χ3v) is 3.54. The van der Waals surface area contributed by atoms with E-state index in [1.54, 1.807) is 18.2 Å². The Labute approximate surface area is 161 Å². The van der Waals surface area contributed by atoms with Crippen LogP contribution in [0.3, 0.4) is 0 Å². The van der Waals surface area contributed by atoms with E-state index in [-0.39, 0.29) is 11.5 Å². The molecule has 0 aliphatic rings. The molecule has 0 radical (unpaired) electrons. The van der Waals surface area contributed by atoms with Crippen molar-refractivity contribution in [3.05, 3.63) is 84.7 Å². The molecule has 0 amide bonds. The van der Waals surface area contributed by atoms with Crippen molar-refractivity contribution in [1.29, 1.82) is 0 Å². The van der Waals surface area contributed by atoms with Crippen molar-refractivity contribution in [3.63, 3.8) is 0 Å². The first-order valence-electron chi connectivity index (χ1n) is 9.07. The number of carbonyl (C=O) groups is 1. The molecule has 5 nitrogen and oxygen atoms in total. The average Bonchev–Trinajstić information content (AvgIpc) is 2.73. The van der Waals surface area contributed by atoms with E-state index < -0.39 is 0 Å². The van der Waals surface area contributed by atoms with Crippen molar-refractivity contribution in [3.8, 4) is 5.75 Å². The van der Waals surface area contributed by atoms with Gasteiger partial charge in [0.15, 0.2) is 0 Å². The number of nitrogens with zero attached hydrogens (tertiary/aromatic N) is 1. The summed E-state index contributed by atoms with van der Waals surface area (Å²) in [6.45, 7) is 8.18. The maximum absolute atomic E-state index is 12.6. The van der Waals surface area contributed by atoms with Crippen LogP contribution in [0.4, 0.5) is 5.69 Å². The SMILES string of the molecule is C=CCCCOc1ccccc1C(=O)/C(N)=C/N(N)c1ccccc1.CC. The molecule has 0 unspecified atom stereocenters. The standard InChI is InChI=1S/C20H23N3O2.C2H6/c1-2-3-9-14-25-19-13-8-7-12-17(19)20(24)18(21)15-23(22)16-10-5-4-6-11-16;1-2/h2,4-8,10-13,15H,1,3,9,14,21-22H2;1-2H3/b18-15-;. The van der Waals surface area contributed by atoms with Gasteiger partial charge in [0.25, 0.3) is 0 Å². The Morgan fingerprint density at radius 1 is 1.11 bits per heavy atom. The van der Waals surface area contributed by atoms with Gasteiger partial charge >= 0.3 is 0 Å². The molecule has 0 heterocycles. The molecule has 144 valence electrons. The lowest BCUT2D eigenvalue weighted by molar-refractivity contribution is 0.102. The average molecular weight is 367 g/mol. The van der Waals surface area contributed by atoms with Gasteiger partial charge in [-0.15, -0.1) is 6.58 Å². The van der Waals surface area contributed by atoms with E-state index in [0.717, 1.165) is 18.5 Å². The highest BCUT2D eigenvalue weighted by atomic mass is 16.5. The number of unbranched alkanes of at least 4 members (excludes halogenated alkanes) is 1. The predicted octanol–water partition coefficient (Wildman–Crippen LogP) is 4.42. The number of allylic oxidation sites excluding steroid dienone is 2. The molecule has 0 fully saturated rings. The van der Waals surface area contributed by atoms with Crippen LogP contribution in [0.1, 0.15) is 37.0 Å². The topological polar surface area (TPSA) is 81.6 Å². The number of hydrogen-bond donors (Lipinski definition) is 2. The molecule has 2 aromatic rings. The van der Waals surface area contributed by atoms with Gasteiger partial charge < -0.3 is 10.5 Å². The first kappa shape index (κ1) is 22.0. The molecule has 4 N–H and O–H groups in total. The highest BCUT2D eigenvalue weighted by Gasteiger charge is 2.15. The van der Waals surface area contributed by atoms with Crippen molar-refractivity contribution in [2.24, 2.45) is 11.6 Å². The maximum Gasteiger partial charge on any atom is 0.213 e. The smallest absolute Gasteiger partial charge is 0.213 e. The van der Waals surface area contributed by atoms with Gasteiger partial charge in [0.05, 0.1) is 23.6 Å². The molecule has 0 spiro atoms. The molecule has 0 aromatic heterocycles. The van der Waals surface area contributed by atoms with Gasteiger partial charge in [-0.2, -0.15) is 0 Å². The van der Waals surface area contributed by atoms with Crippen LogP contribution in [0.25, 0.3) is 0 Å². The zero-order chi connectivity index (χ0) is 20.1. The van der Waals surface area contributed by atoms with E-state index in [1.165, 1.54) is 11.2 Å². The van der Waals surface area contributed by atoms with E-state index in [4.69, 9.17) is 16.3 Å². The van der Waals surface area contributed by atoms with Crippen molar-refractivity contribution in [2.45, 2.75) is 26.7 Å². The minimum Gasteiger partial charge on any atom is -0.493 e. The summed E-state index contributed by atoms with van der Waals surface area (Å²) in [7, 11) is 0. The number of benzene rings is 2. The quantitative estimate of drug-likeness (QED) is 0.171. The summed E-state index contributed by atoms with van der Waals surface area (Å²) in [5, 5.41) is 1.32. The van der Waals surface area contributed by atoms with E-state index >= 15 is 0 Å². The number of carbonyl (C=O) groups excluding carboxylic acids is 1. The fourth-order valence-electron chi connectivity index (χ4n) is 2.23. The molecule has 0 saturated carbocycles. The lowest BCUT2D eigenvalue weighted by Gasteiger charge is -2.15. The number of hydrogen-bond acceptors (Lipinski definition) is 5.